The molecule has 1 aliphatic heterocycles. The fraction of sp³-hybridized carbons (Fsp3) is 0.333. The minimum absolute atomic E-state index is 0.199. The molecule has 1 fully saturated rings. The molecule has 2 amide bonds. The van der Waals surface area contributed by atoms with Crippen LogP contribution in [0.2, 0.25) is 5.02 Å². The van der Waals surface area contributed by atoms with E-state index in [2.05, 4.69) is 10.6 Å². The maximum absolute atomic E-state index is 13.0. The summed E-state index contributed by atoms with van der Waals surface area (Å²) in [6.45, 7) is 0.635. The summed E-state index contributed by atoms with van der Waals surface area (Å²) in [6, 6.07) is 14.6. The number of hydrogen-bond acceptors (Lipinski definition) is 4. The fourth-order valence-electron chi connectivity index (χ4n) is 3.46. The van der Waals surface area contributed by atoms with E-state index in [0.29, 0.717) is 30.1 Å². The van der Waals surface area contributed by atoms with Crippen LogP contribution in [0.1, 0.15) is 25.7 Å². The Morgan fingerprint density at radius 3 is 2.40 bits per heavy atom. The zero-order chi connectivity index (χ0) is 21.6. The predicted molar refractivity (Wildman–Crippen MR) is 116 cm³/mol. The largest absolute Gasteiger partial charge is 0.348 e. The van der Waals surface area contributed by atoms with Gasteiger partial charge in [0.2, 0.25) is 10.0 Å². The van der Waals surface area contributed by atoms with Crippen LogP contribution < -0.4 is 10.6 Å². The molecule has 0 aromatic heterocycles. The highest BCUT2D eigenvalue weighted by Gasteiger charge is 2.33. The van der Waals surface area contributed by atoms with E-state index >= 15 is 0 Å². The maximum atomic E-state index is 13.0. The Morgan fingerprint density at radius 1 is 1.00 bits per heavy atom. The first-order valence-corrected chi connectivity index (χ1v) is 11.6. The molecule has 1 saturated heterocycles. The highest BCUT2D eigenvalue weighted by molar-refractivity contribution is 7.89. The predicted octanol–water partition coefficient (Wildman–Crippen LogP) is 3.03. The molecule has 9 heteroatoms. The van der Waals surface area contributed by atoms with Crippen molar-refractivity contribution in [2.45, 2.75) is 36.6 Å². The van der Waals surface area contributed by atoms with Crippen molar-refractivity contribution in [1.29, 1.82) is 0 Å². The molecule has 2 N–H and O–H groups in total. The molecule has 1 atom stereocenters. The lowest BCUT2D eigenvalue weighted by atomic mass is 10.0. The van der Waals surface area contributed by atoms with E-state index in [1.54, 1.807) is 36.4 Å². The fourth-order valence-corrected chi connectivity index (χ4v) is 5.31. The van der Waals surface area contributed by atoms with Gasteiger partial charge in [-0.05, 0) is 55.7 Å². The molecule has 2 aromatic rings. The van der Waals surface area contributed by atoms with Gasteiger partial charge in [-0.1, -0.05) is 36.2 Å². The average Bonchev–Trinajstić information content (AvgIpc) is 2.75. The Morgan fingerprint density at radius 2 is 1.70 bits per heavy atom. The molecule has 0 saturated carbocycles. The van der Waals surface area contributed by atoms with Crippen molar-refractivity contribution in [2.24, 2.45) is 0 Å². The number of anilines is 1. The number of nitrogens with one attached hydrogen (secondary N) is 2. The average molecular weight is 450 g/mol. The molecule has 0 bridgehead atoms. The molecule has 2 aromatic carbocycles. The third-order valence-electron chi connectivity index (χ3n) is 4.99. The molecule has 30 heavy (non-hydrogen) atoms. The summed E-state index contributed by atoms with van der Waals surface area (Å²) in [6.07, 6.45) is 2.84. The smallest absolute Gasteiger partial charge is 0.313 e. The van der Waals surface area contributed by atoms with Gasteiger partial charge in [-0.2, -0.15) is 4.31 Å². The monoisotopic (exact) mass is 449 g/mol. The highest BCUT2D eigenvalue weighted by atomic mass is 35.5. The number of benzene rings is 2. The second-order valence-corrected chi connectivity index (χ2v) is 9.41. The quantitative estimate of drug-likeness (QED) is 0.662. The number of sulfonamides is 1. The first-order chi connectivity index (χ1) is 14.4. The number of halogens is 1. The number of para-hydroxylation sites is 1. The van der Waals surface area contributed by atoms with Gasteiger partial charge in [0.05, 0.1) is 4.90 Å². The molecule has 3 rings (SSSR count). The van der Waals surface area contributed by atoms with E-state index in [0.717, 1.165) is 12.8 Å². The minimum Gasteiger partial charge on any atom is -0.348 e. The molecule has 7 nitrogen and oxygen atoms in total. The number of rotatable bonds is 6. The summed E-state index contributed by atoms with van der Waals surface area (Å²) in [5.41, 5.74) is 0.533. The van der Waals surface area contributed by atoms with Gasteiger partial charge >= 0.3 is 11.8 Å². The Hall–Kier alpha value is -2.42. The SMILES string of the molecule is O=C(NCCC1CCCCN1S(=O)(=O)c1ccc(Cl)cc1)C(=O)Nc1ccccc1. The topological polar surface area (TPSA) is 95.6 Å². The lowest BCUT2D eigenvalue weighted by molar-refractivity contribution is -0.136. The number of carbonyl (C=O) groups is 2. The Kier molecular flexibility index (Phi) is 7.47. The number of nitrogens with zero attached hydrogens (tertiary/aromatic N) is 1. The third kappa shape index (κ3) is 5.59. The lowest BCUT2D eigenvalue weighted by Gasteiger charge is -2.34. The van der Waals surface area contributed by atoms with Crippen LogP contribution in [0.4, 0.5) is 5.69 Å². The van der Waals surface area contributed by atoms with Gasteiger partial charge in [0.15, 0.2) is 0 Å². The van der Waals surface area contributed by atoms with Gasteiger partial charge < -0.3 is 10.6 Å². The second-order valence-electron chi connectivity index (χ2n) is 7.08. The molecule has 1 aliphatic rings. The molecule has 1 unspecified atom stereocenters. The highest BCUT2D eigenvalue weighted by Crippen LogP contribution is 2.27. The summed E-state index contributed by atoms with van der Waals surface area (Å²) >= 11 is 5.87. The van der Waals surface area contributed by atoms with E-state index < -0.39 is 21.8 Å². The van der Waals surface area contributed by atoms with Crippen LogP contribution in [0.3, 0.4) is 0 Å². The lowest BCUT2D eigenvalue weighted by Crippen LogP contribution is -2.45. The van der Waals surface area contributed by atoms with E-state index in [4.69, 9.17) is 11.6 Å². The first-order valence-electron chi connectivity index (χ1n) is 9.79. The van der Waals surface area contributed by atoms with Crippen LogP contribution in [0.5, 0.6) is 0 Å². The molecule has 0 spiro atoms. The zero-order valence-corrected chi connectivity index (χ0v) is 18.0. The second kappa shape index (κ2) is 10.1. The number of amides is 2. The van der Waals surface area contributed by atoms with Crippen molar-refractivity contribution in [3.63, 3.8) is 0 Å². The van der Waals surface area contributed by atoms with Crippen molar-refractivity contribution in [2.75, 3.05) is 18.4 Å². The van der Waals surface area contributed by atoms with Crippen LogP contribution >= 0.6 is 11.6 Å². The molecular formula is C21H24ClN3O4S. The Labute approximate surface area is 181 Å². The van der Waals surface area contributed by atoms with Gasteiger partial charge in [0.1, 0.15) is 0 Å². The van der Waals surface area contributed by atoms with Crippen molar-refractivity contribution in [3.8, 4) is 0 Å². The summed E-state index contributed by atoms with van der Waals surface area (Å²) in [5.74, 6) is -1.50. The maximum Gasteiger partial charge on any atom is 0.313 e. The van der Waals surface area contributed by atoms with Crippen LogP contribution in [-0.2, 0) is 19.6 Å². The molecular weight excluding hydrogens is 426 g/mol. The normalized spacial score (nSPS) is 17.3. The van der Waals surface area contributed by atoms with Gasteiger partial charge in [-0.25, -0.2) is 8.42 Å². The summed E-state index contributed by atoms with van der Waals surface area (Å²) in [5, 5.41) is 5.57. The standard InChI is InChI=1S/C21H24ClN3O4S/c22-16-9-11-19(12-10-16)30(28,29)25-15-5-4-8-18(25)13-14-23-20(26)21(27)24-17-6-2-1-3-7-17/h1-3,6-7,9-12,18H,4-5,8,13-15H2,(H,23,26)(H,24,27). The molecule has 1 heterocycles. The van der Waals surface area contributed by atoms with E-state index in [1.165, 1.54) is 16.4 Å². The van der Waals surface area contributed by atoms with Gasteiger partial charge in [-0.3, -0.25) is 9.59 Å². The van der Waals surface area contributed by atoms with Gasteiger partial charge in [-0.15, -0.1) is 0 Å². The zero-order valence-electron chi connectivity index (χ0n) is 16.4. The van der Waals surface area contributed by atoms with Crippen molar-refractivity contribution >= 4 is 39.1 Å². The Balaban J connectivity index is 1.57. The van der Waals surface area contributed by atoms with Crippen LogP contribution in [-0.4, -0.2) is 43.7 Å². The van der Waals surface area contributed by atoms with Crippen LogP contribution in [0.15, 0.2) is 59.5 Å². The van der Waals surface area contributed by atoms with Crippen molar-refractivity contribution in [1.82, 2.24) is 9.62 Å². The summed E-state index contributed by atoms with van der Waals surface area (Å²) < 4.78 is 27.6. The van der Waals surface area contributed by atoms with Crippen LogP contribution in [0.25, 0.3) is 0 Å². The van der Waals surface area contributed by atoms with Gasteiger partial charge in [0, 0.05) is 29.8 Å². The van der Waals surface area contributed by atoms with Gasteiger partial charge in [0.25, 0.3) is 0 Å². The molecule has 0 aliphatic carbocycles. The summed E-state index contributed by atoms with van der Waals surface area (Å²) in [4.78, 5) is 24.2. The molecule has 0 radical (unpaired) electrons. The van der Waals surface area contributed by atoms with E-state index in [9.17, 15) is 18.0 Å². The van der Waals surface area contributed by atoms with E-state index in [-0.39, 0.29) is 17.5 Å². The first kappa shape index (κ1) is 22.3. The number of carbonyl (C=O) groups excluding carboxylic acids is 2. The number of hydrogen-bond donors (Lipinski definition) is 2. The minimum atomic E-state index is -3.65. The van der Waals surface area contributed by atoms with Crippen molar-refractivity contribution < 1.29 is 18.0 Å². The van der Waals surface area contributed by atoms with Crippen molar-refractivity contribution in [3.05, 3.63) is 59.6 Å². The van der Waals surface area contributed by atoms with E-state index in [1.807, 2.05) is 6.07 Å². The number of piperidine rings is 1. The Bertz CT molecular complexity index is 981. The summed E-state index contributed by atoms with van der Waals surface area (Å²) in [7, 11) is -3.65. The third-order valence-corrected chi connectivity index (χ3v) is 7.21. The molecule has 160 valence electrons. The van der Waals surface area contributed by atoms with Crippen LogP contribution in [0, 0.1) is 0 Å².